The van der Waals surface area contributed by atoms with E-state index in [9.17, 15) is 4.39 Å². The van der Waals surface area contributed by atoms with Gasteiger partial charge in [0.2, 0.25) is 0 Å². The van der Waals surface area contributed by atoms with Crippen LogP contribution in [-0.2, 0) is 6.42 Å². The van der Waals surface area contributed by atoms with Crippen molar-refractivity contribution in [3.63, 3.8) is 0 Å². The first-order chi connectivity index (χ1) is 7.77. The molecule has 2 nitrogen and oxygen atoms in total. The first-order valence-electron chi connectivity index (χ1n) is 5.43. The van der Waals surface area contributed by atoms with Crippen LogP contribution in [0.2, 0.25) is 0 Å². The Morgan fingerprint density at radius 3 is 2.81 bits per heavy atom. The lowest BCUT2D eigenvalue weighted by Crippen LogP contribution is -2.33. The van der Waals surface area contributed by atoms with Crippen molar-refractivity contribution >= 4 is 5.84 Å². The van der Waals surface area contributed by atoms with Crippen LogP contribution < -0.4 is 5.73 Å². The van der Waals surface area contributed by atoms with Crippen LogP contribution in [0.3, 0.4) is 0 Å². The second-order valence-corrected chi connectivity index (χ2v) is 3.99. The van der Waals surface area contributed by atoms with E-state index in [1.165, 1.54) is 0 Å². The monoisotopic (exact) mass is 218 g/mol. The molecule has 1 aliphatic heterocycles. The lowest BCUT2D eigenvalue weighted by Gasteiger charge is -2.21. The summed E-state index contributed by atoms with van der Waals surface area (Å²) in [5.41, 5.74) is 6.69. The Hall–Kier alpha value is -1.64. The molecule has 0 spiro atoms. The second kappa shape index (κ2) is 4.92. The number of allylic oxidation sites excluding steroid dienone is 1. The predicted octanol–water partition coefficient (Wildman–Crippen LogP) is 2.46. The van der Waals surface area contributed by atoms with Crippen LogP contribution in [0.25, 0.3) is 0 Å². The van der Waals surface area contributed by atoms with Crippen molar-refractivity contribution in [1.29, 1.82) is 0 Å². The molecule has 84 valence electrons. The Balaban J connectivity index is 2.01. The van der Waals surface area contributed by atoms with E-state index >= 15 is 0 Å². The zero-order chi connectivity index (χ0) is 11.4. The Morgan fingerprint density at radius 2 is 2.12 bits per heavy atom. The molecule has 0 aromatic heterocycles. The highest BCUT2D eigenvalue weighted by Gasteiger charge is 2.25. The molecule has 0 saturated carbocycles. The van der Waals surface area contributed by atoms with E-state index in [4.69, 9.17) is 5.73 Å². The number of hydrogen-bond acceptors (Lipinski definition) is 2. The fourth-order valence-corrected chi connectivity index (χ4v) is 1.88. The number of nitrogens with two attached hydrogens (primary N) is 1. The molecule has 0 radical (unpaired) electrons. The summed E-state index contributed by atoms with van der Waals surface area (Å²) >= 11 is 0. The van der Waals surface area contributed by atoms with E-state index in [1.54, 1.807) is 6.20 Å². The Bertz CT molecular complexity index is 398. The summed E-state index contributed by atoms with van der Waals surface area (Å²) in [5.74, 6) is 0.135. The van der Waals surface area contributed by atoms with Crippen LogP contribution in [0.5, 0.6) is 0 Å². The third-order valence-electron chi connectivity index (χ3n) is 2.81. The fraction of sp³-hybridized carbons (Fsp3) is 0.308. The Kier molecular flexibility index (Phi) is 3.34. The first kappa shape index (κ1) is 10.9. The second-order valence-electron chi connectivity index (χ2n) is 3.99. The minimum absolute atomic E-state index is 0.273. The third-order valence-corrected chi connectivity index (χ3v) is 2.81. The van der Waals surface area contributed by atoms with Crippen LogP contribution >= 0.6 is 0 Å². The highest BCUT2D eigenvalue weighted by atomic mass is 19.1. The molecule has 16 heavy (non-hydrogen) atoms. The first-order valence-corrected chi connectivity index (χ1v) is 5.43. The Morgan fingerprint density at radius 1 is 1.38 bits per heavy atom. The summed E-state index contributed by atoms with van der Waals surface area (Å²) in [6.07, 6.45) is 3.58. The molecule has 0 saturated heterocycles. The maximum absolute atomic E-state index is 14.0. The molecule has 2 N–H and O–H groups in total. The molecule has 2 unspecified atom stereocenters. The highest BCUT2D eigenvalue weighted by Crippen LogP contribution is 2.20. The summed E-state index contributed by atoms with van der Waals surface area (Å²) in [6.45, 7) is 0. The van der Waals surface area contributed by atoms with Gasteiger partial charge in [0, 0.05) is 12.6 Å². The Labute approximate surface area is 94.7 Å². The molecule has 1 aliphatic rings. The van der Waals surface area contributed by atoms with E-state index < -0.39 is 6.17 Å². The summed E-state index contributed by atoms with van der Waals surface area (Å²) in [5, 5.41) is 0. The van der Waals surface area contributed by atoms with Gasteiger partial charge in [-0.25, -0.2) is 9.38 Å². The maximum atomic E-state index is 14.0. The van der Waals surface area contributed by atoms with E-state index in [-0.39, 0.29) is 5.92 Å². The number of benzene rings is 1. The molecular formula is C13H15FN2. The summed E-state index contributed by atoms with van der Waals surface area (Å²) in [4.78, 5) is 3.95. The molecule has 0 aliphatic carbocycles. The van der Waals surface area contributed by atoms with E-state index in [0.29, 0.717) is 18.7 Å². The molecular weight excluding hydrogens is 203 g/mol. The van der Waals surface area contributed by atoms with Gasteiger partial charge in [-0.15, -0.1) is 0 Å². The number of rotatable bonds is 3. The van der Waals surface area contributed by atoms with Gasteiger partial charge in [0.25, 0.3) is 0 Å². The molecule has 0 fully saturated rings. The molecule has 2 rings (SSSR count). The van der Waals surface area contributed by atoms with Crippen molar-refractivity contribution in [2.24, 2.45) is 16.6 Å². The zero-order valence-electron chi connectivity index (χ0n) is 9.01. The number of hydrogen-bond donors (Lipinski definition) is 1. The number of nitrogens with zero attached hydrogens (tertiary/aromatic N) is 1. The zero-order valence-corrected chi connectivity index (χ0v) is 9.01. The molecule has 1 heterocycles. The summed E-state index contributed by atoms with van der Waals surface area (Å²) < 4.78 is 14.0. The largest absolute Gasteiger partial charge is 0.387 e. The van der Waals surface area contributed by atoms with Crippen molar-refractivity contribution in [3.05, 3.63) is 48.2 Å². The van der Waals surface area contributed by atoms with Gasteiger partial charge >= 0.3 is 0 Å². The van der Waals surface area contributed by atoms with E-state index in [2.05, 4.69) is 4.99 Å². The van der Waals surface area contributed by atoms with Crippen LogP contribution in [-0.4, -0.2) is 12.0 Å². The molecule has 1 aromatic rings. The van der Waals surface area contributed by atoms with Gasteiger partial charge in [0.1, 0.15) is 12.0 Å². The van der Waals surface area contributed by atoms with Crippen molar-refractivity contribution in [3.8, 4) is 0 Å². The van der Waals surface area contributed by atoms with Crippen LogP contribution in [0.4, 0.5) is 4.39 Å². The maximum Gasteiger partial charge on any atom is 0.114 e. The SMILES string of the molecule is NC1=NC=CCC1C(F)Cc1ccccc1. The number of amidine groups is 1. The number of aliphatic imine (C=N–C) groups is 1. The minimum atomic E-state index is -0.962. The van der Waals surface area contributed by atoms with E-state index in [0.717, 1.165) is 5.56 Å². The van der Waals surface area contributed by atoms with Gasteiger partial charge in [0.15, 0.2) is 0 Å². The molecule has 1 aromatic carbocycles. The lowest BCUT2D eigenvalue weighted by atomic mass is 9.92. The van der Waals surface area contributed by atoms with E-state index in [1.807, 2.05) is 36.4 Å². The average molecular weight is 218 g/mol. The topological polar surface area (TPSA) is 38.4 Å². The normalized spacial score (nSPS) is 21.6. The van der Waals surface area contributed by atoms with Gasteiger partial charge in [-0.1, -0.05) is 36.4 Å². The van der Waals surface area contributed by atoms with Crippen molar-refractivity contribution in [2.45, 2.75) is 19.0 Å². The lowest BCUT2D eigenvalue weighted by molar-refractivity contribution is 0.272. The predicted molar refractivity (Wildman–Crippen MR) is 63.9 cm³/mol. The van der Waals surface area contributed by atoms with Crippen LogP contribution in [0.1, 0.15) is 12.0 Å². The minimum Gasteiger partial charge on any atom is -0.387 e. The average Bonchev–Trinajstić information content (AvgIpc) is 2.31. The van der Waals surface area contributed by atoms with Crippen molar-refractivity contribution in [1.82, 2.24) is 0 Å². The van der Waals surface area contributed by atoms with Crippen molar-refractivity contribution < 1.29 is 4.39 Å². The van der Waals surface area contributed by atoms with Crippen molar-refractivity contribution in [2.75, 3.05) is 0 Å². The molecule has 0 bridgehead atoms. The smallest absolute Gasteiger partial charge is 0.114 e. The fourth-order valence-electron chi connectivity index (χ4n) is 1.88. The number of alkyl halides is 1. The molecule has 2 atom stereocenters. The van der Waals surface area contributed by atoms with Gasteiger partial charge in [-0.3, -0.25) is 0 Å². The van der Waals surface area contributed by atoms with Crippen LogP contribution in [0.15, 0.2) is 47.6 Å². The van der Waals surface area contributed by atoms with Gasteiger partial charge in [0.05, 0.1) is 5.92 Å². The molecule has 0 amide bonds. The van der Waals surface area contributed by atoms with Crippen LogP contribution in [0, 0.1) is 5.92 Å². The summed E-state index contributed by atoms with van der Waals surface area (Å²) in [7, 11) is 0. The number of halogens is 1. The third kappa shape index (κ3) is 2.48. The standard InChI is InChI=1S/C13H15FN2/c14-12(9-10-5-2-1-3-6-10)11-7-4-8-16-13(11)15/h1-6,8,11-12H,7,9H2,(H2,15,16). The highest BCUT2D eigenvalue weighted by molar-refractivity contribution is 5.84. The molecule has 3 heteroatoms. The van der Waals surface area contributed by atoms with Gasteiger partial charge in [-0.2, -0.15) is 0 Å². The summed E-state index contributed by atoms with van der Waals surface area (Å²) in [6, 6.07) is 9.62. The van der Waals surface area contributed by atoms with Gasteiger partial charge in [-0.05, 0) is 12.0 Å². The quantitative estimate of drug-likeness (QED) is 0.831. The van der Waals surface area contributed by atoms with Gasteiger partial charge < -0.3 is 5.73 Å².